The Balaban J connectivity index is 1.72. The van der Waals surface area contributed by atoms with E-state index in [4.69, 9.17) is 14.2 Å². The highest BCUT2D eigenvalue weighted by atomic mass is 19.4. The van der Waals surface area contributed by atoms with E-state index in [0.29, 0.717) is 34.2 Å². The lowest BCUT2D eigenvalue weighted by atomic mass is 10.1. The summed E-state index contributed by atoms with van der Waals surface area (Å²) in [6.45, 7) is 0.0413. The number of halogens is 3. The van der Waals surface area contributed by atoms with Gasteiger partial charge in [-0.25, -0.2) is 0 Å². The zero-order chi connectivity index (χ0) is 26.7. The highest BCUT2D eigenvalue weighted by molar-refractivity contribution is 5.92. The van der Waals surface area contributed by atoms with Gasteiger partial charge in [-0.1, -0.05) is 12.1 Å². The topological polar surface area (TPSA) is 75.0 Å². The Labute approximate surface area is 212 Å². The van der Waals surface area contributed by atoms with Crippen LogP contribution in [0.4, 0.5) is 13.2 Å². The van der Waals surface area contributed by atoms with Crippen molar-refractivity contribution in [3.05, 3.63) is 65.0 Å². The second kappa shape index (κ2) is 10.6. The van der Waals surface area contributed by atoms with E-state index in [2.05, 4.69) is 9.84 Å². The smallest absolute Gasteiger partial charge is 0.497 e. The van der Waals surface area contributed by atoms with Gasteiger partial charge < -0.3 is 23.8 Å². The maximum absolute atomic E-state index is 13.8. The first-order chi connectivity index (χ1) is 17.6. The van der Waals surface area contributed by atoms with Crippen molar-refractivity contribution in [1.29, 1.82) is 0 Å². The number of hydrogen-bond acceptors (Lipinski definition) is 6. The number of benzene rings is 2. The number of carbonyl (C=O) groups is 1. The standard InChI is InChI=1S/C26H28F3N3O5/c1-31-21(13-20(30-31)16-8-9-16)25(33)32(14-17-10-11-19(34-2)12-23(17)35-3)15-18-6-5-7-22(24(18)36-4)37-26(27,28)29/h5-7,10-13,16H,8-9,14-15H2,1-4H3. The van der Waals surface area contributed by atoms with Crippen LogP contribution in [0.3, 0.4) is 0 Å². The molecule has 0 saturated heterocycles. The van der Waals surface area contributed by atoms with Gasteiger partial charge in [0.2, 0.25) is 0 Å². The van der Waals surface area contributed by atoms with Crippen molar-refractivity contribution in [2.75, 3.05) is 21.3 Å². The molecule has 4 rings (SSSR count). The molecule has 0 unspecified atom stereocenters. The predicted octanol–water partition coefficient (Wildman–Crippen LogP) is 5.06. The first kappa shape index (κ1) is 26.2. The number of aryl methyl sites for hydroxylation is 1. The summed E-state index contributed by atoms with van der Waals surface area (Å²) in [5.74, 6) is 0.490. The molecule has 1 fully saturated rings. The monoisotopic (exact) mass is 519 g/mol. The molecule has 3 aromatic rings. The molecule has 11 heteroatoms. The van der Waals surface area contributed by atoms with Crippen molar-refractivity contribution in [3.8, 4) is 23.0 Å². The zero-order valence-electron chi connectivity index (χ0n) is 21.0. The first-order valence-corrected chi connectivity index (χ1v) is 11.6. The molecule has 0 spiro atoms. The van der Waals surface area contributed by atoms with Gasteiger partial charge in [0.25, 0.3) is 5.91 Å². The lowest BCUT2D eigenvalue weighted by molar-refractivity contribution is -0.275. The number of nitrogens with zero attached hydrogens (tertiary/aromatic N) is 3. The molecule has 1 aliphatic carbocycles. The first-order valence-electron chi connectivity index (χ1n) is 11.6. The minimum Gasteiger partial charge on any atom is -0.497 e. The van der Waals surface area contributed by atoms with Crippen LogP contribution in [-0.2, 0) is 20.1 Å². The molecule has 1 saturated carbocycles. The van der Waals surface area contributed by atoms with Crippen molar-refractivity contribution >= 4 is 5.91 Å². The van der Waals surface area contributed by atoms with Gasteiger partial charge in [0.15, 0.2) is 11.5 Å². The molecular formula is C26H28F3N3O5. The maximum atomic E-state index is 13.8. The minimum atomic E-state index is -4.90. The van der Waals surface area contributed by atoms with Crippen LogP contribution in [0, 0.1) is 0 Å². The molecule has 0 N–H and O–H groups in total. The number of carbonyl (C=O) groups excluding carboxylic acids is 1. The van der Waals surface area contributed by atoms with Crippen LogP contribution in [-0.4, -0.2) is 48.3 Å². The number of para-hydroxylation sites is 1. The maximum Gasteiger partial charge on any atom is 0.573 e. The van der Waals surface area contributed by atoms with Gasteiger partial charge in [-0.2, -0.15) is 5.10 Å². The Bertz CT molecular complexity index is 1270. The molecule has 0 radical (unpaired) electrons. The fourth-order valence-corrected chi connectivity index (χ4v) is 4.15. The van der Waals surface area contributed by atoms with Crippen molar-refractivity contribution < 1.29 is 36.9 Å². The summed E-state index contributed by atoms with van der Waals surface area (Å²) in [5, 5.41) is 4.49. The van der Waals surface area contributed by atoms with Gasteiger partial charge in [0, 0.05) is 30.2 Å². The van der Waals surface area contributed by atoms with E-state index in [1.807, 2.05) is 0 Å². The molecule has 0 aliphatic heterocycles. The normalized spacial score (nSPS) is 13.3. The molecular weight excluding hydrogens is 491 g/mol. The largest absolute Gasteiger partial charge is 0.573 e. The Kier molecular flexibility index (Phi) is 7.51. The van der Waals surface area contributed by atoms with E-state index < -0.39 is 12.1 Å². The third kappa shape index (κ3) is 6.10. The van der Waals surface area contributed by atoms with E-state index in [0.717, 1.165) is 24.6 Å². The molecule has 1 amide bonds. The number of ether oxygens (including phenoxy) is 4. The third-order valence-electron chi connectivity index (χ3n) is 6.11. The Morgan fingerprint density at radius 1 is 1.00 bits per heavy atom. The molecule has 1 aromatic heterocycles. The summed E-state index contributed by atoms with van der Waals surface area (Å²) in [6, 6.07) is 11.2. The summed E-state index contributed by atoms with van der Waals surface area (Å²) < 4.78 is 60.7. The number of rotatable bonds is 10. The third-order valence-corrected chi connectivity index (χ3v) is 6.11. The van der Waals surface area contributed by atoms with E-state index >= 15 is 0 Å². The number of alkyl halides is 3. The van der Waals surface area contributed by atoms with Crippen LogP contribution in [0.1, 0.15) is 46.1 Å². The quantitative estimate of drug-likeness (QED) is 0.373. The van der Waals surface area contributed by atoms with Crippen molar-refractivity contribution in [2.24, 2.45) is 7.05 Å². The molecule has 2 aromatic carbocycles. The highest BCUT2D eigenvalue weighted by Gasteiger charge is 2.34. The SMILES string of the molecule is COc1ccc(CN(Cc2cccc(OC(F)(F)F)c2OC)C(=O)c2cc(C3CC3)nn2C)c(OC)c1. The fourth-order valence-electron chi connectivity index (χ4n) is 4.15. The highest BCUT2D eigenvalue weighted by Crippen LogP contribution is 2.40. The van der Waals surface area contributed by atoms with Crippen molar-refractivity contribution in [3.63, 3.8) is 0 Å². The van der Waals surface area contributed by atoms with Gasteiger partial charge in [0.05, 0.1) is 40.1 Å². The fraction of sp³-hybridized carbons (Fsp3) is 0.385. The van der Waals surface area contributed by atoms with E-state index in [9.17, 15) is 18.0 Å². The van der Waals surface area contributed by atoms with E-state index in [-0.39, 0.29) is 24.7 Å². The summed E-state index contributed by atoms with van der Waals surface area (Å²) in [6.07, 6.45) is -2.84. The average molecular weight is 520 g/mol. The van der Waals surface area contributed by atoms with Crippen molar-refractivity contribution in [2.45, 2.75) is 38.2 Å². The van der Waals surface area contributed by atoms with Gasteiger partial charge in [-0.15, -0.1) is 13.2 Å². The molecule has 0 atom stereocenters. The number of aromatic nitrogens is 2. The van der Waals surface area contributed by atoms with Crippen LogP contribution in [0.15, 0.2) is 42.5 Å². The van der Waals surface area contributed by atoms with Gasteiger partial charge >= 0.3 is 6.36 Å². The van der Waals surface area contributed by atoms with Gasteiger partial charge in [0.1, 0.15) is 17.2 Å². The van der Waals surface area contributed by atoms with Crippen LogP contribution in [0.25, 0.3) is 0 Å². The Hall–Kier alpha value is -3.89. The average Bonchev–Trinajstić information content (AvgIpc) is 3.64. The molecule has 8 nitrogen and oxygen atoms in total. The molecule has 37 heavy (non-hydrogen) atoms. The molecule has 1 aliphatic rings. The predicted molar refractivity (Wildman–Crippen MR) is 128 cm³/mol. The summed E-state index contributed by atoms with van der Waals surface area (Å²) in [5.41, 5.74) is 2.25. The van der Waals surface area contributed by atoms with Gasteiger partial charge in [-0.05, 0) is 37.1 Å². The zero-order valence-corrected chi connectivity index (χ0v) is 21.0. The molecule has 198 valence electrons. The van der Waals surface area contributed by atoms with E-state index in [1.165, 1.54) is 37.0 Å². The minimum absolute atomic E-state index is 0.0593. The second-order valence-corrected chi connectivity index (χ2v) is 8.69. The summed E-state index contributed by atoms with van der Waals surface area (Å²) in [7, 11) is 5.99. The Morgan fingerprint density at radius 2 is 1.73 bits per heavy atom. The number of hydrogen-bond donors (Lipinski definition) is 0. The second-order valence-electron chi connectivity index (χ2n) is 8.69. The van der Waals surface area contributed by atoms with Crippen LogP contribution < -0.4 is 18.9 Å². The lowest BCUT2D eigenvalue weighted by Gasteiger charge is -2.25. The van der Waals surface area contributed by atoms with Crippen LogP contribution in [0.2, 0.25) is 0 Å². The van der Waals surface area contributed by atoms with Crippen LogP contribution in [0.5, 0.6) is 23.0 Å². The Morgan fingerprint density at radius 3 is 2.35 bits per heavy atom. The van der Waals surface area contributed by atoms with Gasteiger partial charge in [-0.3, -0.25) is 9.48 Å². The van der Waals surface area contributed by atoms with Crippen LogP contribution >= 0.6 is 0 Å². The summed E-state index contributed by atoms with van der Waals surface area (Å²) in [4.78, 5) is 15.3. The van der Waals surface area contributed by atoms with E-state index in [1.54, 1.807) is 37.4 Å². The van der Waals surface area contributed by atoms with Crippen molar-refractivity contribution in [1.82, 2.24) is 14.7 Å². The lowest BCUT2D eigenvalue weighted by Crippen LogP contribution is -2.32. The number of methoxy groups -OCH3 is 3. The molecule has 1 heterocycles. The number of amides is 1. The summed E-state index contributed by atoms with van der Waals surface area (Å²) >= 11 is 0. The molecule has 0 bridgehead atoms.